The van der Waals surface area contributed by atoms with E-state index < -0.39 is 0 Å². The Bertz CT molecular complexity index is 151. The summed E-state index contributed by atoms with van der Waals surface area (Å²) in [6, 6.07) is 0. The lowest BCUT2D eigenvalue weighted by molar-refractivity contribution is 0.379. The lowest BCUT2D eigenvalue weighted by atomic mass is 9.97. The second-order valence-corrected chi connectivity index (χ2v) is 5.55. The smallest absolute Gasteiger partial charge is 0.0000123 e. The van der Waals surface area contributed by atoms with Gasteiger partial charge in [-0.05, 0) is 37.3 Å². The molecule has 1 nitrogen and oxygen atoms in total. The highest BCUT2D eigenvalue weighted by atomic mass is 14.9. The van der Waals surface area contributed by atoms with Crippen LogP contribution >= 0.6 is 0 Å². The van der Waals surface area contributed by atoms with E-state index >= 15 is 0 Å². The fraction of sp³-hybridized carbons (Fsp3) is 0.846. The van der Waals surface area contributed by atoms with Crippen LogP contribution in [0.1, 0.15) is 47.5 Å². The van der Waals surface area contributed by atoms with Crippen LogP contribution in [0.3, 0.4) is 0 Å². The standard InChI is InChI=1S/C13H27N/c1-12(2)9-7-6-8-10-14-11-13(3,4)5/h7,9,12,14H,6,8,10-11H2,1-5H3/b9-7-. The van der Waals surface area contributed by atoms with E-state index in [1.807, 2.05) is 0 Å². The normalized spacial score (nSPS) is 13.0. The molecule has 0 atom stereocenters. The fourth-order valence-electron chi connectivity index (χ4n) is 1.18. The summed E-state index contributed by atoms with van der Waals surface area (Å²) in [5.74, 6) is 0.692. The zero-order chi connectivity index (χ0) is 11.0. The van der Waals surface area contributed by atoms with E-state index in [-0.39, 0.29) is 0 Å². The maximum absolute atomic E-state index is 3.48. The Morgan fingerprint density at radius 1 is 1.21 bits per heavy atom. The zero-order valence-electron chi connectivity index (χ0n) is 10.6. The summed E-state index contributed by atoms with van der Waals surface area (Å²) in [6.45, 7) is 13.5. The van der Waals surface area contributed by atoms with Gasteiger partial charge in [-0.25, -0.2) is 0 Å². The van der Waals surface area contributed by atoms with Crippen molar-refractivity contribution in [3.8, 4) is 0 Å². The van der Waals surface area contributed by atoms with Crippen molar-refractivity contribution in [3.05, 3.63) is 12.2 Å². The predicted molar refractivity (Wildman–Crippen MR) is 65.5 cm³/mol. The Morgan fingerprint density at radius 3 is 2.36 bits per heavy atom. The number of unbranched alkanes of at least 4 members (excludes halogenated alkanes) is 1. The van der Waals surface area contributed by atoms with Gasteiger partial charge in [0.25, 0.3) is 0 Å². The molecule has 0 saturated carbocycles. The summed E-state index contributed by atoms with van der Waals surface area (Å²) < 4.78 is 0. The molecule has 0 aliphatic heterocycles. The second-order valence-electron chi connectivity index (χ2n) is 5.55. The fourth-order valence-corrected chi connectivity index (χ4v) is 1.18. The van der Waals surface area contributed by atoms with Gasteiger partial charge in [-0.1, -0.05) is 46.8 Å². The molecule has 0 aliphatic rings. The molecule has 0 aromatic rings. The summed E-state index contributed by atoms with van der Waals surface area (Å²) in [5.41, 5.74) is 0.410. The highest BCUT2D eigenvalue weighted by Crippen LogP contribution is 2.10. The SMILES string of the molecule is CC(C)/C=C\CCCNCC(C)(C)C. The van der Waals surface area contributed by atoms with Crippen molar-refractivity contribution in [2.45, 2.75) is 47.5 Å². The third-order valence-corrected chi connectivity index (χ3v) is 1.90. The van der Waals surface area contributed by atoms with Crippen LogP contribution in [0.5, 0.6) is 0 Å². The average Bonchev–Trinajstić information content (AvgIpc) is 2.00. The monoisotopic (exact) mass is 197 g/mol. The molecule has 0 heterocycles. The average molecular weight is 197 g/mol. The maximum Gasteiger partial charge on any atom is -0.0000123 e. The predicted octanol–water partition coefficient (Wildman–Crippen LogP) is 3.61. The molecule has 1 heteroatoms. The number of allylic oxidation sites excluding steroid dienone is 2. The highest BCUT2D eigenvalue weighted by Gasteiger charge is 2.07. The number of hydrogen-bond acceptors (Lipinski definition) is 1. The molecule has 0 radical (unpaired) electrons. The van der Waals surface area contributed by atoms with Gasteiger partial charge in [0.1, 0.15) is 0 Å². The maximum atomic E-state index is 3.48. The molecule has 0 saturated heterocycles. The molecule has 0 aromatic carbocycles. The van der Waals surface area contributed by atoms with E-state index in [2.05, 4.69) is 52.1 Å². The van der Waals surface area contributed by atoms with Gasteiger partial charge in [-0.15, -0.1) is 0 Å². The minimum absolute atomic E-state index is 0.410. The molecule has 1 N–H and O–H groups in total. The lowest BCUT2D eigenvalue weighted by Crippen LogP contribution is -2.27. The topological polar surface area (TPSA) is 12.0 Å². The summed E-state index contributed by atoms with van der Waals surface area (Å²) in [5, 5.41) is 3.48. The first-order valence-electron chi connectivity index (χ1n) is 5.79. The van der Waals surface area contributed by atoms with E-state index in [0.717, 1.165) is 13.1 Å². The molecule has 0 aliphatic carbocycles. The summed E-state index contributed by atoms with van der Waals surface area (Å²) in [7, 11) is 0. The molecule has 0 unspecified atom stereocenters. The van der Waals surface area contributed by atoms with Crippen LogP contribution in [0.25, 0.3) is 0 Å². The van der Waals surface area contributed by atoms with Crippen molar-refractivity contribution in [3.63, 3.8) is 0 Å². The van der Waals surface area contributed by atoms with Crippen molar-refractivity contribution in [2.24, 2.45) is 11.3 Å². The van der Waals surface area contributed by atoms with E-state index in [1.165, 1.54) is 12.8 Å². The van der Waals surface area contributed by atoms with E-state index in [4.69, 9.17) is 0 Å². The molecule has 84 valence electrons. The van der Waals surface area contributed by atoms with Gasteiger partial charge in [-0.3, -0.25) is 0 Å². The van der Waals surface area contributed by atoms with Gasteiger partial charge >= 0.3 is 0 Å². The summed E-state index contributed by atoms with van der Waals surface area (Å²) in [4.78, 5) is 0. The molecule has 0 rings (SSSR count). The third kappa shape index (κ3) is 11.7. The molecule has 0 fully saturated rings. The van der Waals surface area contributed by atoms with Crippen molar-refractivity contribution in [2.75, 3.05) is 13.1 Å². The van der Waals surface area contributed by atoms with E-state index in [1.54, 1.807) is 0 Å². The summed E-state index contributed by atoms with van der Waals surface area (Å²) >= 11 is 0. The van der Waals surface area contributed by atoms with Crippen LogP contribution in [-0.4, -0.2) is 13.1 Å². The Kier molecular flexibility index (Phi) is 6.90. The molecule has 0 spiro atoms. The van der Waals surface area contributed by atoms with Crippen molar-refractivity contribution in [1.29, 1.82) is 0 Å². The third-order valence-electron chi connectivity index (χ3n) is 1.90. The Morgan fingerprint density at radius 2 is 1.86 bits per heavy atom. The van der Waals surface area contributed by atoms with E-state index in [0.29, 0.717) is 11.3 Å². The first-order chi connectivity index (χ1) is 6.42. The molecule has 0 bridgehead atoms. The van der Waals surface area contributed by atoms with Crippen LogP contribution in [0, 0.1) is 11.3 Å². The van der Waals surface area contributed by atoms with Gasteiger partial charge < -0.3 is 5.32 Å². The van der Waals surface area contributed by atoms with E-state index in [9.17, 15) is 0 Å². The van der Waals surface area contributed by atoms with Crippen molar-refractivity contribution < 1.29 is 0 Å². The highest BCUT2D eigenvalue weighted by molar-refractivity contribution is 4.84. The summed E-state index contributed by atoms with van der Waals surface area (Å²) in [6.07, 6.45) is 7.03. The minimum Gasteiger partial charge on any atom is -0.316 e. The molecule has 0 aromatic heterocycles. The van der Waals surface area contributed by atoms with Crippen molar-refractivity contribution >= 4 is 0 Å². The van der Waals surface area contributed by atoms with Gasteiger partial charge in [0, 0.05) is 0 Å². The van der Waals surface area contributed by atoms with Gasteiger partial charge in [0.2, 0.25) is 0 Å². The molecule has 14 heavy (non-hydrogen) atoms. The second kappa shape index (κ2) is 7.05. The quantitative estimate of drug-likeness (QED) is 0.506. The Balaban J connectivity index is 3.23. The Hall–Kier alpha value is -0.300. The van der Waals surface area contributed by atoms with Crippen LogP contribution in [0.4, 0.5) is 0 Å². The van der Waals surface area contributed by atoms with Gasteiger partial charge in [0.15, 0.2) is 0 Å². The number of hydrogen-bond donors (Lipinski definition) is 1. The number of rotatable bonds is 6. The first kappa shape index (κ1) is 13.7. The van der Waals surface area contributed by atoms with Gasteiger partial charge in [-0.2, -0.15) is 0 Å². The largest absolute Gasteiger partial charge is 0.316 e. The molecular weight excluding hydrogens is 170 g/mol. The minimum atomic E-state index is 0.410. The van der Waals surface area contributed by atoms with Crippen LogP contribution < -0.4 is 5.32 Å². The molecular formula is C13H27N. The van der Waals surface area contributed by atoms with Crippen LogP contribution in [-0.2, 0) is 0 Å². The van der Waals surface area contributed by atoms with Crippen LogP contribution in [0.15, 0.2) is 12.2 Å². The first-order valence-corrected chi connectivity index (χ1v) is 5.79. The lowest BCUT2D eigenvalue weighted by Gasteiger charge is -2.18. The van der Waals surface area contributed by atoms with Crippen LogP contribution in [0.2, 0.25) is 0 Å². The Labute approximate surface area is 90.0 Å². The molecule has 0 amide bonds. The van der Waals surface area contributed by atoms with Crippen molar-refractivity contribution in [1.82, 2.24) is 5.32 Å². The number of nitrogens with one attached hydrogen (secondary N) is 1. The van der Waals surface area contributed by atoms with Gasteiger partial charge in [0.05, 0.1) is 0 Å². The zero-order valence-corrected chi connectivity index (χ0v) is 10.6.